The Bertz CT molecular complexity index is 746. The predicted octanol–water partition coefficient (Wildman–Crippen LogP) is 2.89. The molecule has 120 valence electrons. The summed E-state index contributed by atoms with van der Waals surface area (Å²) in [4.78, 5) is 29.7. The Hall–Kier alpha value is -2.28. The number of hydrogen-bond acceptors (Lipinski definition) is 4. The van der Waals surface area contributed by atoms with Gasteiger partial charge in [-0.3, -0.25) is 9.59 Å². The Morgan fingerprint density at radius 2 is 2.13 bits per heavy atom. The first-order valence-corrected chi connectivity index (χ1v) is 8.10. The van der Waals surface area contributed by atoms with Crippen molar-refractivity contribution in [3.8, 4) is 10.6 Å². The lowest BCUT2D eigenvalue weighted by Gasteiger charge is -2.30. The zero-order valence-corrected chi connectivity index (χ0v) is 13.1. The molecule has 1 unspecified atom stereocenters. The van der Waals surface area contributed by atoms with Crippen molar-refractivity contribution in [3.05, 3.63) is 41.2 Å². The molecule has 0 bridgehead atoms. The number of hydrogen-bond donors (Lipinski definition) is 1. The van der Waals surface area contributed by atoms with E-state index in [1.54, 1.807) is 23.1 Å². The van der Waals surface area contributed by atoms with E-state index in [2.05, 4.69) is 4.98 Å². The van der Waals surface area contributed by atoms with Gasteiger partial charge in [0.05, 0.1) is 12.1 Å². The number of thiazole rings is 1. The van der Waals surface area contributed by atoms with E-state index in [0.29, 0.717) is 34.8 Å². The van der Waals surface area contributed by atoms with Crippen LogP contribution in [0.1, 0.15) is 22.5 Å². The molecule has 1 fully saturated rings. The van der Waals surface area contributed by atoms with Gasteiger partial charge in [0.25, 0.3) is 5.91 Å². The molecule has 2 aromatic rings. The van der Waals surface area contributed by atoms with Crippen LogP contribution in [0.4, 0.5) is 4.39 Å². The van der Waals surface area contributed by atoms with Crippen LogP contribution in [0.25, 0.3) is 10.6 Å². The highest BCUT2D eigenvalue weighted by molar-refractivity contribution is 7.16. The second-order valence-electron chi connectivity index (χ2n) is 5.44. The Morgan fingerprint density at radius 3 is 2.87 bits per heavy atom. The maximum Gasteiger partial charge on any atom is 0.308 e. The Balaban J connectivity index is 1.79. The fourth-order valence-corrected chi connectivity index (χ4v) is 3.56. The molecule has 5 nitrogen and oxygen atoms in total. The van der Waals surface area contributed by atoms with Gasteiger partial charge in [0.1, 0.15) is 15.7 Å². The van der Waals surface area contributed by atoms with Gasteiger partial charge in [-0.1, -0.05) is 12.1 Å². The van der Waals surface area contributed by atoms with Gasteiger partial charge in [-0.25, -0.2) is 9.37 Å². The molecule has 1 aliphatic heterocycles. The first kappa shape index (κ1) is 15.6. The summed E-state index contributed by atoms with van der Waals surface area (Å²) in [5.41, 5.74) is 0.360. The molecule has 1 saturated heterocycles. The van der Waals surface area contributed by atoms with Gasteiger partial charge >= 0.3 is 5.97 Å². The van der Waals surface area contributed by atoms with Crippen LogP contribution in [0.3, 0.4) is 0 Å². The summed E-state index contributed by atoms with van der Waals surface area (Å²) in [6.45, 7) is 0.747. The van der Waals surface area contributed by atoms with Crippen LogP contribution in [0.15, 0.2) is 30.5 Å². The number of amides is 1. The highest BCUT2D eigenvalue weighted by Gasteiger charge is 2.29. The fraction of sp³-hybridized carbons (Fsp3) is 0.312. The third-order valence-corrected chi connectivity index (χ3v) is 4.90. The number of carbonyl (C=O) groups is 2. The van der Waals surface area contributed by atoms with Crippen LogP contribution in [0.2, 0.25) is 0 Å². The molecule has 23 heavy (non-hydrogen) atoms. The summed E-state index contributed by atoms with van der Waals surface area (Å²) in [7, 11) is 0. The highest BCUT2D eigenvalue weighted by atomic mass is 32.1. The van der Waals surface area contributed by atoms with E-state index in [9.17, 15) is 14.0 Å². The quantitative estimate of drug-likeness (QED) is 0.937. The second kappa shape index (κ2) is 6.45. The molecule has 1 aromatic carbocycles. The number of carbonyl (C=O) groups excluding carboxylic acids is 1. The van der Waals surface area contributed by atoms with E-state index in [4.69, 9.17) is 5.11 Å². The average molecular weight is 334 g/mol. The number of benzene rings is 1. The fourth-order valence-electron chi connectivity index (χ4n) is 2.65. The molecule has 0 spiro atoms. The smallest absolute Gasteiger partial charge is 0.308 e. The third kappa shape index (κ3) is 3.24. The van der Waals surface area contributed by atoms with Gasteiger partial charge in [0.15, 0.2) is 0 Å². The normalized spacial score (nSPS) is 18.0. The molecule has 3 rings (SSSR count). The summed E-state index contributed by atoms with van der Waals surface area (Å²) < 4.78 is 13.8. The van der Waals surface area contributed by atoms with Crippen molar-refractivity contribution in [2.75, 3.05) is 13.1 Å². The number of halogens is 1. The first-order chi connectivity index (χ1) is 11.1. The van der Waals surface area contributed by atoms with Gasteiger partial charge < -0.3 is 10.0 Å². The lowest BCUT2D eigenvalue weighted by Crippen LogP contribution is -2.42. The summed E-state index contributed by atoms with van der Waals surface area (Å²) in [5.74, 6) is -2.02. The van der Waals surface area contributed by atoms with Gasteiger partial charge in [-0.15, -0.1) is 11.3 Å². The Kier molecular flexibility index (Phi) is 4.38. The van der Waals surface area contributed by atoms with Crippen molar-refractivity contribution in [3.63, 3.8) is 0 Å². The van der Waals surface area contributed by atoms with Crippen LogP contribution < -0.4 is 0 Å². The average Bonchev–Trinajstić information content (AvgIpc) is 3.04. The van der Waals surface area contributed by atoms with E-state index in [1.165, 1.54) is 12.3 Å². The van der Waals surface area contributed by atoms with Crippen LogP contribution in [-0.4, -0.2) is 40.0 Å². The van der Waals surface area contributed by atoms with E-state index in [-0.39, 0.29) is 18.3 Å². The van der Waals surface area contributed by atoms with Crippen LogP contribution in [0, 0.1) is 11.7 Å². The number of carboxylic acid groups (broad SMARTS) is 1. The van der Waals surface area contributed by atoms with E-state index in [1.807, 2.05) is 0 Å². The largest absolute Gasteiger partial charge is 0.481 e. The van der Waals surface area contributed by atoms with Gasteiger partial charge in [-0.05, 0) is 25.0 Å². The number of carboxylic acids is 1. The van der Waals surface area contributed by atoms with Crippen LogP contribution in [-0.2, 0) is 4.79 Å². The minimum atomic E-state index is -0.876. The molecule has 1 atom stereocenters. The maximum atomic E-state index is 13.8. The Labute approximate surface area is 136 Å². The van der Waals surface area contributed by atoms with Gasteiger partial charge in [0.2, 0.25) is 0 Å². The molecule has 1 amide bonds. The molecule has 2 heterocycles. The summed E-state index contributed by atoms with van der Waals surface area (Å²) in [6, 6.07) is 6.27. The van der Waals surface area contributed by atoms with Gasteiger partial charge in [-0.2, -0.15) is 0 Å². The van der Waals surface area contributed by atoms with Crippen molar-refractivity contribution in [1.29, 1.82) is 0 Å². The molecule has 0 radical (unpaired) electrons. The molecule has 0 saturated carbocycles. The number of piperidine rings is 1. The molecule has 1 N–H and O–H groups in total. The third-order valence-electron chi connectivity index (χ3n) is 3.88. The predicted molar refractivity (Wildman–Crippen MR) is 83.8 cm³/mol. The monoisotopic (exact) mass is 334 g/mol. The zero-order valence-electron chi connectivity index (χ0n) is 12.2. The topological polar surface area (TPSA) is 70.5 Å². The van der Waals surface area contributed by atoms with E-state index in [0.717, 1.165) is 11.3 Å². The summed E-state index contributed by atoms with van der Waals surface area (Å²) in [5, 5.41) is 9.55. The SMILES string of the molecule is O=C(O)C1CCCN(C(=O)c2cnc(-c3ccccc3F)s2)C1. The highest BCUT2D eigenvalue weighted by Crippen LogP contribution is 2.29. The summed E-state index contributed by atoms with van der Waals surface area (Å²) in [6.07, 6.45) is 2.68. The number of aliphatic carboxylic acids is 1. The van der Waals surface area contributed by atoms with Crippen molar-refractivity contribution >= 4 is 23.2 Å². The number of nitrogens with zero attached hydrogens (tertiary/aromatic N) is 2. The van der Waals surface area contributed by atoms with Crippen molar-refractivity contribution in [2.24, 2.45) is 5.92 Å². The number of likely N-dealkylation sites (tertiary alicyclic amines) is 1. The van der Waals surface area contributed by atoms with Crippen LogP contribution in [0.5, 0.6) is 0 Å². The van der Waals surface area contributed by atoms with E-state index >= 15 is 0 Å². The molecular weight excluding hydrogens is 319 g/mol. The first-order valence-electron chi connectivity index (χ1n) is 7.29. The lowest BCUT2D eigenvalue weighted by molar-refractivity contribution is -0.143. The lowest BCUT2D eigenvalue weighted by atomic mass is 9.98. The molecule has 7 heteroatoms. The van der Waals surface area contributed by atoms with Crippen molar-refractivity contribution in [2.45, 2.75) is 12.8 Å². The van der Waals surface area contributed by atoms with Crippen LogP contribution >= 0.6 is 11.3 Å². The summed E-state index contributed by atoms with van der Waals surface area (Å²) >= 11 is 1.12. The standard InChI is InChI=1S/C16H15FN2O3S/c17-12-6-2-1-5-11(12)14-18-8-13(23-14)15(20)19-7-3-4-10(9-19)16(21)22/h1-2,5-6,8,10H,3-4,7,9H2,(H,21,22). The molecule has 1 aromatic heterocycles. The second-order valence-corrected chi connectivity index (χ2v) is 6.47. The zero-order chi connectivity index (χ0) is 16.4. The Morgan fingerprint density at radius 1 is 1.35 bits per heavy atom. The maximum absolute atomic E-state index is 13.8. The minimum Gasteiger partial charge on any atom is -0.481 e. The van der Waals surface area contributed by atoms with E-state index < -0.39 is 11.9 Å². The number of aromatic nitrogens is 1. The minimum absolute atomic E-state index is 0.209. The number of rotatable bonds is 3. The molecule has 0 aliphatic carbocycles. The molecule has 1 aliphatic rings. The van der Waals surface area contributed by atoms with Crippen molar-refractivity contribution < 1.29 is 19.1 Å². The van der Waals surface area contributed by atoms with Gasteiger partial charge in [0, 0.05) is 18.7 Å². The molecular formula is C16H15FN2O3S. The van der Waals surface area contributed by atoms with Crippen molar-refractivity contribution in [1.82, 2.24) is 9.88 Å².